The van der Waals surface area contributed by atoms with Gasteiger partial charge in [0.1, 0.15) is 12.2 Å². The fourth-order valence-corrected chi connectivity index (χ4v) is 4.20. The summed E-state index contributed by atoms with van der Waals surface area (Å²) in [6.45, 7) is 11.5. The second-order valence-electron chi connectivity index (χ2n) is 9.72. The Hall–Kier alpha value is -1.36. The van der Waals surface area contributed by atoms with Crippen LogP contribution in [0.2, 0.25) is 0 Å². The van der Waals surface area contributed by atoms with E-state index in [9.17, 15) is 14.7 Å². The first-order chi connectivity index (χ1) is 10.8. The quantitative estimate of drug-likeness (QED) is 0.802. The van der Waals surface area contributed by atoms with Gasteiger partial charge in [-0.2, -0.15) is 0 Å². The summed E-state index contributed by atoms with van der Waals surface area (Å²) < 4.78 is 11.1. The normalized spacial score (nSPS) is 34.0. The van der Waals surface area contributed by atoms with Crippen LogP contribution < -0.4 is 0 Å². The van der Waals surface area contributed by atoms with E-state index in [2.05, 4.69) is 0 Å². The van der Waals surface area contributed by atoms with Crippen molar-refractivity contribution in [3.05, 3.63) is 11.6 Å². The van der Waals surface area contributed by atoms with Gasteiger partial charge in [-0.25, -0.2) is 9.59 Å². The number of hydrogen-bond donors (Lipinski definition) is 1. The highest BCUT2D eigenvalue weighted by Crippen LogP contribution is 2.52. The fourth-order valence-electron chi connectivity index (χ4n) is 4.20. The van der Waals surface area contributed by atoms with E-state index >= 15 is 0 Å². The number of ether oxygens (including phenoxy) is 2. The van der Waals surface area contributed by atoms with Crippen molar-refractivity contribution in [3.63, 3.8) is 0 Å². The summed E-state index contributed by atoms with van der Waals surface area (Å²) in [5.41, 5.74) is -1.76. The SMILES string of the molecule is CC(C)(C)CC(O)(C(=O)OC1C2C=C3C(=O)OC1C3C2)C(C)(C)C. The van der Waals surface area contributed by atoms with Crippen LogP contribution in [0.4, 0.5) is 0 Å². The lowest BCUT2D eigenvalue weighted by Crippen LogP contribution is -2.54. The Morgan fingerprint density at radius 3 is 2.46 bits per heavy atom. The van der Waals surface area contributed by atoms with Gasteiger partial charge in [0, 0.05) is 22.8 Å². The summed E-state index contributed by atoms with van der Waals surface area (Å²) in [6, 6.07) is 0. The van der Waals surface area contributed by atoms with Crippen molar-refractivity contribution in [3.8, 4) is 0 Å². The first kappa shape index (κ1) is 17.5. The number of hydrogen-bond acceptors (Lipinski definition) is 5. The van der Waals surface area contributed by atoms with E-state index in [0.29, 0.717) is 6.42 Å². The minimum Gasteiger partial charge on any atom is -0.456 e. The van der Waals surface area contributed by atoms with E-state index in [1.165, 1.54) is 0 Å². The summed E-state index contributed by atoms with van der Waals surface area (Å²) in [7, 11) is 0. The molecule has 5 heteroatoms. The molecule has 134 valence electrons. The highest BCUT2D eigenvalue weighted by atomic mass is 16.6. The molecule has 5 atom stereocenters. The van der Waals surface area contributed by atoms with Crippen molar-refractivity contribution in [1.82, 2.24) is 0 Å². The van der Waals surface area contributed by atoms with Gasteiger partial charge < -0.3 is 14.6 Å². The minimum atomic E-state index is -1.59. The Bertz CT molecular complexity index is 606. The van der Waals surface area contributed by atoms with E-state index in [-0.39, 0.29) is 29.3 Å². The predicted octanol–water partition coefficient (Wildman–Crippen LogP) is 2.61. The van der Waals surface area contributed by atoms with Crippen LogP contribution in [0.25, 0.3) is 0 Å². The lowest BCUT2D eigenvalue weighted by molar-refractivity contribution is -0.195. The molecule has 1 N–H and O–H groups in total. The van der Waals surface area contributed by atoms with Gasteiger partial charge in [-0.1, -0.05) is 47.6 Å². The second kappa shape index (κ2) is 5.07. The highest BCUT2D eigenvalue weighted by molar-refractivity contribution is 5.93. The zero-order valence-electron chi connectivity index (χ0n) is 15.4. The lowest BCUT2D eigenvalue weighted by Gasteiger charge is -2.42. The summed E-state index contributed by atoms with van der Waals surface area (Å²) >= 11 is 0. The molecule has 0 aromatic rings. The number of rotatable bonds is 3. The molecule has 2 bridgehead atoms. The van der Waals surface area contributed by atoms with Crippen molar-refractivity contribution >= 4 is 11.9 Å². The summed E-state index contributed by atoms with van der Waals surface area (Å²) in [5.74, 6) is -0.831. The van der Waals surface area contributed by atoms with Gasteiger partial charge in [0.15, 0.2) is 5.60 Å². The molecule has 0 aromatic heterocycles. The molecule has 3 rings (SSSR count). The summed E-state index contributed by atoms with van der Waals surface area (Å²) in [4.78, 5) is 24.7. The molecule has 1 aliphatic heterocycles. The molecule has 2 aliphatic carbocycles. The molecular formula is C19H28O5. The van der Waals surface area contributed by atoms with Crippen LogP contribution >= 0.6 is 0 Å². The van der Waals surface area contributed by atoms with E-state index in [4.69, 9.17) is 9.47 Å². The Morgan fingerprint density at radius 1 is 1.29 bits per heavy atom. The zero-order valence-corrected chi connectivity index (χ0v) is 15.4. The maximum atomic E-state index is 12.9. The zero-order chi connectivity index (χ0) is 18.1. The maximum absolute atomic E-state index is 12.9. The van der Waals surface area contributed by atoms with Crippen LogP contribution in [0.3, 0.4) is 0 Å². The van der Waals surface area contributed by atoms with Crippen molar-refractivity contribution in [1.29, 1.82) is 0 Å². The molecule has 0 spiro atoms. The predicted molar refractivity (Wildman–Crippen MR) is 87.9 cm³/mol. The van der Waals surface area contributed by atoms with Gasteiger partial charge >= 0.3 is 11.9 Å². The lowest BCUT2D eigenvalue weighted by atomic mass is 9.68. The van der Waals surface area contributed by atoms with Gasteiger partial charge in [-0.15, -0.1) is 0 Å². The van der Waals surface area contributed by atoms with Crippen LogP contribution in [0.15, 0.2) is 11.6 Å². The third-order valence-electron chi connectivity index (χ3n) is 5.55. The average molecular weight is 336 g/mol. The highest BCUT2D eigenvalue weighted by Gasteiger charge is 2.60. The number of carbonyl (C=O) groups is 2. The van der Waals surface area contributed by atoms with Gasteiger partial charge in [-0.3, -0.25) is 0 Å². The Balaban J connectivity index is 1.81. The fraction of sp³-hybridized carbons (Fsp3) is 0.789. The molecule has 0 radical (unpaired) electrons. The summed E-state index contributed by atoms with van der Waals surface area (Å²) in [6.07, 6.45) is 2.11. The average Bonchev–Trinajstić information content (AvgIpc) is 2.99. The maximum Gasteiger partial charge on any atom is 0.339 e. The van der Waals surface area contributed by atoms with Gasteiger partial charge in [0.2, 0.25) is 0 Å². The standard InChI is InChI=1S/C19H28O5/c1-17(2,3)9-19(22,18(4,5)6)16(21)24-13-10-7-11-12(8-10)15(20)23-14(11)13/h8,10-11,13-14,22H,7,9H2,1-6H3. The molecule has 3 aliphatic rings. The molecule has 0 amide bonds. The molecule has 1 saturated carbocycles. The number of fused-ring (bicyclic) bond motifs is 1. The second-order valence-corrected chi connectivity index (χ2v) is 9.72. The van der Waals surface area contributed by atoms with Gasteiger partial charge in [-0.05, 0) is 18.3 Å². The molecule has 1 heterocycles. The molecule has 0 aromatic carbocycles. The molecule has 2 fully saturated rings. The molecule has 5 unspecified atom stereocenters. The van der Waals surface area contributed by atoms with Crippen molar-refractivity contribution in [2.45, 2.75) is 72.2 Å². The molecule has 1 saturated heterocycles. The Labute approximate surface area is 143 Å². The number of esters is 2. The van der Waals surface area contributed by atoms with E-state index in [1.807, 2.05) is 47.6 Å². The smallest absolute Gasteiger partial charge is 0.339 e. The van der Waals surface area contributed by atoms with Gasteiger partial charge in [0.05, 0.1) is 0 Å². The first-order valence-electron chi connectivity index (χ1n) is 8.70. The Morgan fingerprint density at radius 2 is 1.92 bits per heavy atom. The van der Waals surface area contributed by atoms with Crippen LogP contribution in [0.1, 0.15) is 54.4 Å². The van der Waals surface area contributed by atoms with Gasteiger partial charge in [0.25, 0.3) is 0 Å². The van der Waals surface area contributed by atoms with Crippen molar-refractivity contribution < 1.29 is 24.2 Å². The summed E-state index contributed by atoms with van der Waals surface area (Å²) in [5, 5.41) is 11.2. The topological polar surface area (TPSA) is 72.8 Å². The number of aliphatic hydroxyl groups is 1. The third kappa shape index (κ3) is 2.57. The van der Waals surface area contributed by atoms with E-state index in [1.54, 1.807) is 0 Å². The van der Waals surface area contributed by atoms with Crippen LogP contribution in [-0.4, -0.2) is 34.9 Å². The third-order valence-corrected chi connectivity index (χ3v) is 5.55. The first-order valence-corrected chi connectivity index (χ1v) is 8.70. The molecule has 24 heavy (non-hydrogen) atoms. The number of carbonyl (C=O) groups excluding carboxylic acids is 2. The monoisotopic (exact) mass is 336 g/mol. The van der Waals surface area contributed by atoms with E-state index in [0.717, 1.165) is 12.0 Å². The molecule has 5 nitrogen and oxygen atoms in total. The van der Waals surface area contributed by atoms with Crippen LogP contribution in [0.5, 0.6) is 0 Å². The van der Waals surface area contributed by atoms with Crippen molar-refractivity contribution in [2.75, 3.05) is 0 Å². The van der Waals surface area contributed by atoms with Crippen molar-refractivity contribution in [2.24, 2.45) is 22.7 Å². The van der Waals surface area contributed by atoms with Crippen LogP contribution in [0, 0.1) is 22.7 Å². The molecular weight excluding hydrogens is 308 g/mol. The van der Waals surface area contributed by atoms with E-state index < -0.39 is 23.1 Å². The largest absolute Gasteiger partial charge is 0.456 e. The minimum absolute atomic E-state index is 0.0178. The Kier molecular flexibility index (Phi) is 3.69. The van der Waals surface area contributed by atoms with Crippen LogP contribution in [-0.2, 0) is 19.1 Å².